The first-order valence-electron chi connectivity index (χ1n) is 4.77. The Morgan fingerprint density at radius 3 is 2.87 bits per heavy atom. The lowest BCUT2D eigenvalue weighted by atomic mass is 10.1. The number of nitro benzene ring substituents is 1. The Labute approximate surface area is 95.7 Å². The van der Waals surface area contributed by atoms with Crippen molar-refractivity contribution in [2.45, 2.75) is 12.3 Å². The van der Waals surface area contributed by atoms with Crippen LogP contribution in [0.15, 0.2) is 22.7 Å². The number of halogens is 1. The van der Waals surface area contributed by atoms with Crippen LogP contribution in [0.2, 0.25) is 0 Å². The fourth-order valence-electron chi connectivity index (χ4n) is 1.88. The minimum atomic E-state index is -0.327. The summed E-state index contributed by atoms with van der Waals surface area (Å²) in [4.78, 5) is 10.5. The highest BCUT2D eigenvalue weighted by Gasteiger charge is 2.40. The Morgan fingerprint density at radius 1 is 1.60 bits per heavy atom. The van der Waals surface area contributed by atoms with Crippen molar-refractivity contribution in [1.29, 1.82) is 0 Å². The zero-order valence-electron chi connectivity index (χ0n) is 8.02. The summed E-state index contributed by atoms with van der Waals surface area (Å²) in [7, 11) is 0. The molecule has 80 valence electrons. The molecule has 0 aliphatic heterocycles. The molecule has 4 nitrogen and oxygen atoms in total. The molecule has 2 unspecified atom stereocenters. The van der Waals surface area contributed by atoms with Crippen molar-refractivity contribution in [3.63, 3.8) is 0 Å². The third-order valence-corrected chi connectivity index (χ3v) is 3.31. The van der Waals surface area contributed by atoms with E-state index in [4.69, 9.17) is 5.73 Å². The smallest absolute Gasteiger partial charge is 0.274 e. The van der Waals surface area contributed by atoms with E-state index < -0.39 is 0 Å². The number of nitro groups is 1. The molecule has 5 heteroatoms. The van der Waals surface area contributed by atoms with Gasteiger partial charge < -0.3 is 5.73 Å². The molecular formula is C10H11BrN2O2. The topological polar surface area (TPSA) is 69.2 Å². The monoisotopic (exact) mass is 270 g/mol. The second kappa shape index (κ2) is 3.90. The predicted molar refractivity (Wildman–Crippen MR) is 60.7 cm³/mol. The minimum Gasteiger partial charge on any atom is -0.330 e. The van der Waals surface area contributed by atoms with E-state index in [0.717, 1.165) is 16.5 Å². The van der Waals surface area contributed by atoms with Crippen LogP contribution in [0.4, 0.5) is 5.69 Å². The molecule has 1 aliphatic rings. The van der Waals surface area contributed by atoms with Crippen molar-refractivity contribution >= 4 is 21.6 Å². The molecular weight excluding hydrogens is 260 g/mol. The van der Waals surface area contributed by atoms with Crippen LogP contribution in [0.5, 0.6) is 0 Å². The largest absolute Gasteiger partial charge is 0.330 e. The van der Waals surface area contributed by atoms with Crippen LogP contribution in [0.1, 0.15) is 17.9 Å². The lowest BCUT2D eigenvalue weighted by Gasteiger charge is -2.02. The fourth-order valence-corrected chi connectivity index (χ4v) is 2.23. The van der Waals surface area contributed by atoms with Crippen LogP contribution in [0.25, 0.3) is 0 Å². The van der Waals surface area contributed by atoms with E-state index in [0.29, 0.717) is 12.5 Å². The van der Waals surface area contributed by atoms with Crippen LogP contribution in [0.3, 0.4) is 0 Å². The molecule has 0 heterocycles. The van der Waals surface area contributed by atoms with Gasteiger partial charge in [-0.2, -0.15) is 0 Å². The molecule has 0 bridgehead atoms. The first-order chi connectivity index (χ1) is 7.13. The quantitative estimate of drug-likeness (QED) is 0.678. The molecule has 0 saturated heterocycles. The summed E-state index contributed by atoms with van der Waals surface area (Å²) in [5, 5.41) is 10.9. The second-order valence-electron chi connectivity index (χ2n) is 3.80. The van der Waals surface area contributed by atoms with Gasteiger partial charge >= 0.3 is 0 Å². The van der Waals surface area contributed by atoms with Gasteiger partial charge in [-0.05, 0) is 30.9 Å². The lowest BCUT2D eigenvalue weighted by molar-refractivity contribution is -0.385. The molecule has 2 N–H and O–H groups in total. The van der Waals surface area contributed by atoms with Gasteiger partial charge in [-0.3, -0.25) is 10.1 Å². The number of rotatable bonds is 3. The number of nitrogens with two attached hydrogens (primary N) is 1. The molecule has 1 fully saturated rings. The summed E-state index contributed by atoms with van der Waals surface area (Å²) in [6, 6.07) is 5.22. The number of benzene rings is 1. The summed E-state index contributed by atoms with van der Waals surface area (Å²) in [5.74, 6) is 0.702. The van der Waals surface area contributed by atoms with E-state index in [1.807, 2.05) is 12.1 Å². The first kappa shape index (κ1) is 10.6. The van der Waals surface area contributed by atoms with Gasteiger partial charge in [0.1, 0.15) is 0 Å². The second-order valence-corrected chi connectivity index (χ2v) is 4.71. The molecule has 15 heavy (non-hydrogen) atoms. The Balaban J connectivity index is 2.35. The fraction of sp³-hybridized carbons (Fsp3) is 0.400. The highest BCUT2D eigenvalue weighted by Crippen LogP contribution is 2.49. The van der Waals surface area contributed by atoms with Crippen molar-refractivity contribution in [2.75, 3.05) is 6.54 Å². The molecule has 2 rings (SSSR count). The lowest BCUT2D eigenvalue weighted by Crippen LogP contribution is -2.03. The van der Waals surface area contributed by atoms with Crippen LogP contribution >= 0.6 is 15.9 Å². The number of hydrogen-bond acceptors (Lipinski definition) is 3. The van der Waals surface area contributed by atoms with Crippen molar-refractivity contribution in [1.82, 2.24) is 0 Å². The molecule has 0 amide bonds. The third kappa shape index (κ3) is 2.03. The van der Waals surface area contributed by atoms with Gasteiger partial charge in [-0.1, -0.05) is 22.0 Å². The van der Waals surface area contributed by atoms with E-state index in [1.165, 1.54) is 0 Å². The van der Waals surface area contributed by atoms with Gasteiger partial charge in [0.25, 0.3) is 5.69 Å². The average Bonchev–Trinajstić information content (AvgIpc) is 2.96. The number of hydrogen-bond donors (Lipinski definition) is 1. The zero-order chi connectivity index (χ0) is 11.0. The van der Waals surface area contributed by atoms with Gasteiger partial charge in [-0.15, -0.1) is 0 Å². The van der Waals surface area contributed by atoms with E-state index in [1.54, 1.807) is 6.07 Å². The molecule has 2 atom stereocenters. The van der Waals surface area contributed by atoms with Crippen molar-refractivity contribution in [2.24, 2.45) is 11.7 Å². The van der Waals surface area contributed by atoms with Crippen LogP contribution in [-0.4, -0.2) is 11.5 Å². The summed E-state index contributed by atoms with van der Waals surface area (Å²) >= 11 is 3.24. The van der Waals surface area contributed by atoms with E-state index in [9.17, 15) is 10.1 Å². The molecule has 1 aromatic carbocycles. The summed E-state index contributed by atoms with van der Waals surface area (Å²) < 4.78 is 0.739. The van der Waals surface area contributed by atoms with Crippen molar-refractivity contribution in [3.8, 4) is 0 Å². The first-order valence-corrected chi connectivity index (χ1v) is 5.56. The van der Waals surface area contributed by atoms with E-state index in [2.05, 4.69) is 15.9 Å². The SMILES string of the molecule is NCC1CC1c1ccc(Br)cc1[N+](=O)[O-]. The summed E-state index contributed by atoms with van der Waals surface area (Å²) in [5.41, 5.74) is 6.56. The third-order valence-electron chi connectivity index (χ3n) is 2.81. The van der Waals surface area contributed by atoms with Crippen LogP contribution < -0.4 is 5.73 Å². The predicted octanol–water partition coefficient (Wildman–Crippen LogP) is 2.42. The molecule has 0 aromatic heterocycles. The standard InChI is InChI=1S/C10H11BrN2O2/c11-7-1-2-8(9-3-6(9)5-12)10(4-7)13(14)15/h1-2,4,6,9H,3,5,12H2. The average molecular weight is 271 g/mol. The van der Waals surface area contributed by atoms with Gasteiger partial charge in [0, 0.05) is 16.1 Å². The Kier molecular flexibility index (Phi) is 2.75. The molecule has 0 spiro atoms. The van der Waals surface area contributed by atoms with Crippen molar-refractivity contribution < 1.29 is 4.92 Å². The van der Waals surface area contributed by atoms with Crippen LogP contribution in [0, 0.1) is 16.0 Å². The summed E-state index contributed by atoms with van der Waals surface area (Å²) in [6.45, 7) is 0.609. The molecule has 1 saturated carbocycles. The Morgan fingerprint density at radius 2 is 2.33 bits per heavy atom. The maximum atomic E-state index is 10.9. The van der Waals surface area contributed by atoms with Gasteiger partial charge in [-0.25, -0.2) is 0 Å². The Bertz CT molecular complexity index is 408. The molecule has 0 radical (unpaired) electrons. The van der Waals surface area contributed by atoms with Crippen molar-refractivity contribution in [3.05, 3.63) is 38.3 Å². The highest BCUT2D eigenvalue weighted by atomic mass is 79.9. The molecule has 1 aliphatic carbocycles. The highest BCUT2D eigenvalue weighted by molar-refractivity contribution is 9.10. The minimum absolute atomic E-state index is 0.199. The maximum Gasteiger partial charge on any atom is 0.274 e. The van der Waals surface area contributed by atoms with Gasteiger partial charge in [0.15, 0.2) is 0 Å². The van der Waals surface area contributed by atoms with Crippen LogP contribution in [-0.2, 0) is 0 Å². The van der Waals surface area contributed by atoms with E-state index in [-0.39, 0.29) is 16.5 Å². The number of nitrogens with zero attached hydrogens (tertiary/aromatic N) is 1. The summed E-state index contributed by atoms with van der Waals surface area (Å²) in [6.07, 6.45) is 0.971. The molecule has 1 aromatic rings. The van der Waals surface area contributed by atoms with E-state index >= 15 is 0 Å². The maximum absolute atomic E-state index is 10.9. The zero-order valence-corrected chi connectivity index (χ0v) is 9.61. The normalized spacial score (nSPS) is 23.9. The van der Waals surface area contributed by atoms with Gasteiger partial charge in [0.2, 0.25) is 0 Å². The van der Waals surface area contributed by atoms with Gasteiger partial charge in [0.05, 0.1) is 4.92 Å². The Hall–Kier alpha value is -0.940.